The number of nitrogens with one attached hydrogen (secondary N) is 2. The lowest BCUT2D eigenvalue weighted by Gasteiger charge is -2.17. The number of rotatable bonds is 2. The van der Waals surface area contributed by atoms with Crippen LogP contribution in [0.3, 0.4) is 0 Å². The number of nitrogens with zero attached hydrogens (tertiary/aromatic N) is 1. The third kappa shape index (κ3) is 2.46. The van der Waals surface area contributed by atoms with Crippen molar-refractivity contribution in [3.05, 3.63) is 24.0 Å². The molecule has 0 amide bonds. The number of hydrogen-bond donors (Lipinski definition) is 2. The lowest BCUT2D eigenvalue weighted by molar-refractivity contribution is 0.395. The summed E-state index contributed by atoms with van der Waals surface area (Å²) in [6, 6.07) is 4.10. The summed E-state index contributed by atoms with van der Waals surface area (Å²) in [6.45, 7) is 3.00. The zero-order valence-corrected chi connectivity index (χ0v) is 8.99. The Balaban J connectivity index is 2.18. The molecule has 0 spiro atoms. The Hall–Kier alpha value is -1.13. The van der Waals surface area contributed by atoms with Crippen molar-refractivity contribution >= 4 is 0 Å². The summed E-state index contributed by atoms with van der Waals surface area (Å²) < 4.78 is 5.31. The average molecular weight is 207 g/mol. The van der Waals surface area contributed by atoms with Crippen LogP contribution < -0.4 is 15.4 Å². The Kier molecular flexibility index (Phi) is 3.53. The molecule has 2 N–H and O–H groups in total. The minimum absolute atomic E-state index is 0.253. The summed E-state index contributed by atoms with van der Waals surface area (Å²) >= 11 is 0. The van der Waals surface area contributed by atoms with Crippen LogP contribution in [0, 0.1) is 0 Å². The highest BCUT2D eigenvalue weighted by atomic mass is 16.5. The van der Waals surface area contributed by atoms with E-state index in [0.717, 1.165) is 37.5 Å². The quantitative estimate of drug-likeness (QED) is 0.750. The molecular formula is C11H17N3O. The fourth-order valence-electron chi connectivity index (χ4n) is 1.84. The molecule has 1 atom stereocenters. The van der Waals surface area contributed by atoms with Crippen LogP contribution in [0.4, 0.5) is 0 Å². The molecule has 0 bridgehead atoms. The van der Waals surface area contributed by atoms with Crippen LogP contribution in [0.5, 0.6) is 5.75 Å². The summed E-state index contributed by atoms with van der Waals surface area (Å²) in [4.78, 5) is 4.39. The first-order chi connectivity index (χ1) is 7.42. The van der Waals surface area contributed by atoms with Gasteiger partial charge in [-0.25, -0.2) is 0 Å². The van der Waals surface area contributed by atoms with Crippen molar-refractivity contribution in [2.24, 2.45) is 0 Å². The monoisotopic (exact) mass is 207 g/mol. The Bertz CT molecular complexity index is 308. The number of aromatic nitrogens is 1. The molecule has 0 aliphatic carbocycles. The van der Waals surface area contributed by atoms with Gasteiger partial charge in [-0.05, 0) is 31.6 Å². The lowest BCUT2D eigenvalue weighted by Crippen LogP contribution is -2.28. The molecule has 1 fully saturated rings. The highest BCUT2D eigenvalue weighted by Crippen LogP contribution is 2.22. The highest BCUT2D eigenvalue weighted by Gasteiger charge is 2.17. The maximum atomic E-state index is 5.31. The SMILES string of the molecule is COc1cccnc1C1CNCCCN1. The number of methoxy groups -OCH3 is 1. The summed E-state index contributed by atoms with van der Waals surface area (Å²) in [6.07, 6.45) is 2.97. The zero-order chi connectivity index (χ0) is 10.5. The van der Waals surface area contributed by atoms with Crippen molar-refractivity contribution in [2.45, 2.75) is 12.5 Å². The topological polar surface area (TPSA) is 46.2 Å². The van der Waals surface area contributed by atoms with Gasteiger partial charge in [0, 0.05) is 12.7 Å². The van der Waals surface area contributed by atoms with Gasteiger partial charge in [-0.3, -0.25) is 4.98 Å². The summed E-state index contributed by atoms with van der Waals surface area (Å²) in [7, 11) is 1.69. The van der Waals surface area contributed by atoms with Gasteiger partial charge >= 0.3 is 0 Å². The Morgan fingerprint density at radius 1 is 1.47 bits per heavy atom. The predicted octanol–water partition coefficient (Wildman–Crippen LogP) is 0.714. The molecule has 4 heteroatoms. The van der Waals surface area contributed by atoms with Gasteiger partial charge in [-0.15, -0.1) is 0 Å². The first kappa shape index (κ1) is 10.4. The molecule has 1 unspecified atom stereocenters. The Morgan fingerprint density at radius 3 is 3.27 bits per heavy atom. The molecule has 82 valence electrons. The molecule has 1 aromatic rings. The van der Waals surface area contributed by atoms with E-state index in [1.165, 1.54) is 0 Å². The maximum absolute atomic E-state index is 5.31. The molecule has 1 aromatic heterocycles. The fraction of sp³-hybridized carbons (Fsp3) is 0.545. The molecule has 2 heterocycles. The van der Waals surface area contributed by atoms with E-state index in [2.05, 4.69) is 15.6 Å². The van der Waals surface area contributed by atoms with Gasteiger partial charge in [0.05, 0.1) is 13.2 Å². The second-order valence-corrected chi connectivity index (χ2v) is 3.66. The molecular weight excluding hydrogens is 190 g/mol. The van der Waals surface area contributed by atoms with Gasteiger partial charge in [-0.2, -0.15) is 0 Å². The Morgan fingerprint density at radius 2 is 2.40 bits per heavy atom. The summed E-state index contributed by atoms with van der Waals surface area (Å²) in [5.74, 6) is 0.860. The third-order valence-corrected chi connectivity index (χ3v) is 2.62. The normalized spacial score (nSPS) is 22.1. The van der Waals surface area contributed by atoms with Crippen molar-refractivity contribution in [1.82, 2.24) is 15.6 Å². The van der Waals surface area contributed by atoms with Gasteiger partial charge in [-0.1, -0.05) is 0 Å². The van der Waals surface area contributed by atoms with E-state index in [0.29, 0.717) is 0 Å². The van der Waals surface area contributed by atoms with E-state index < -0.39 is 0 Å². The highest BCUT2D eigenvalue weighted by molar-refractivity contribution is 5.29. The van der Waals surface area contributed by atoms with Crippen LogP contribution in [0.25, 0.3) is 0 Å². The van der Waals surface area contributed by atoms with Gasteiger partial charge in [0.25, 0.3) is 0 Å². The molecule has 2 rings (SSSR count). The first-order valence-corrected chi connectivity index (χ1v) is 5.35. The second kappa shape index (κ2) is 5.09. The van der Waals surface area contributed by atoms with Crippen molar-refractivity contribution in [2.75, 3.05) is 26.7 Å². The molecule has 1 saturated heterocycles. The minimum Gasteiger partial charge on any atom is -0.495 e. The van der Waals surface area contributed by atoms with Crippen LogP contribution >= 0.6 is 0 Å². The minimum atomic E-state index is 0.253. The molecule has 0 aromatic carbocycles. The van der Waals surface area contributed by atoms with Crippen molar-refractivity contribution in [3.8, 4) is 5.75 Å². The predicted molar refractivity (Wildman–Crippen MR) is 59.0 cm³/mol. The molecule has 4 nitrogen and oxygen atoms in total. The van der Waals surface area contributed by atoms with Gasteiger partial charge in [0.15, 0.2) is 0 Å². The van der Waals surface area contributed by atoms with Crippen LogP contribution in [-0.4, -0.2) is 31.7 Å². The fourth-order valence-corrected chi connectivity index (χ4v) is 1.84. The van der Waals surface area contributed by atoms with E-state index in [1.54, 1.807) is 7.11 Å². The summed E-state index contributed by atoms with van der Waals surface area (Å²) in [5, 5.41) is 6.86. The van der Waals surface area contributed by atoms with Gasteiger partial charge in [0.2, 0.25) is 0 Å². The molecule has 0 saturated carbocycles. The third-order valence-electron chi connectivity index (χ3n) is 2.62. The second-order valence-electron chi connectivity index (χ2n) is 3.66. The van der Waals surface area contributed by atoms with E-state index in [4.69, 9.17) is 4.74 Å². The van der Waals surface area contributed by atoms with Crippen molar-refractivity contribution < 1.29 is 4.74 Å². The van der Waals surface area contributed by atoms with E-state index in [9.17, 15) is 0 Å². The van der Waals surface area contributed by atoms with Crippen molar-refractivity contribution in [1.29, 1.82) is 0 Å². The van der Waals surface area contributed by atoms with Gasteiger partial charge < -0.3 is 15.4 Å². The standard InChI is InChI=1S/C11H17N3O/c1-15-10-4-2-6-14-11(10)9-8-12-5-3-7-13-9/h2,4,6,9,12-13H,3,5,7-8H2,1H3. The number of pyridine rings is 1. The molecule has 0 radical (unpaired) electrons. The van der Waals surface area contributed by atoms with Crippen LogP contribution in [0.1, 0.15) is 18.2 Å². The van der Waals surface area contributed by atoms with Crippen LogP contribution in [0.2, 0.25) is 0 Å². The Labute approximate surface area is 90.0 Å². The van der Waals surface area contributed by atoms with Crippen LogP contribution in [-0.2, 0) is 0 Å². The van der Waals surface area contributed by atoms with E-state index >= 15 is 0 Å². The van der Waals surface area contributed by atoms with E-state index in [-0.39, 0.29) is 6.04 Å². The molecule has 1 aliphatic heterocycles. The largest absolute Gasteiger partial charge is 0.495 e. The number of ether oxygens (including phenoxy) is 1. The van der Waals surface area contributed by atoms with Crippen molar-refractivity contribution in [3.63, 3.8) is 0 Å². The van der Waals surface area contributed by atoms with E-state index in [1.807, 2.05) is 18.3 Å². The smallest absolute Gasteiger partial charge is 0.142 e. The zero-order valence-electron chi connectivity index (χ0n) is 8.99. The summed E-state index contributed by atoms with van der Waals surface area (Å²) in [5.41, 5.74) is 0.995. The maximum Gasteiger partial charge on any atom is 0.142 e. The lowest BCUT2D eigenvalue weighted by atomic mass is 10.1. The number of hydrogen-bond acceptors (Lipinski definition) is 4. The van der Waals surface area contributed by atoms with Crippen LogP contribution in [0.15, 0.2) is 18.3 Å². The van der Waals surface area contributed by atoms with Gasteiger partial charge in [0.1, 0.15) is 11.4 Å². The average Bonchev–Trinajstić information content (AvgIpc) is 2.57. The first-order valence-electron chi connectivity index (χ1n) is 5.35. The molecule has 15 heavy (non-hydrogen) atoms. The molecule has 1 aliphatic rings.